The van der Waals surface area contributed by atoms with Gasteiger partial charge in [0.05, 0.1) is 18.7 Å². The van der Waals surface area contributed by atoms with Crippen molar-refractivity contribution in [1.82, 2.24) is 4.90 Å². The lowest BCUT2D eigenvalue weighted by molar-refractivity contribution is -0.133. The van der Waals surface area contributed by atoms with Gasteiger partial charge in [-0.25, -0.2) is 0 Å². The second-order valence-electron chi connectivity index (χ2n) is 5.89. The van der Waals surface area contributed by atoms with Crippen LogP contribution in [0.4, 0.5) is 0 Å². The van der Waals surface area contributed by atoms with Gasteiger partial charge in [0.2, 0.25) is 5.91 Å². The first-order chi connectivity index (χ1) is 12.5. The first-order valence-electron chi connectivity index (χ1n) is 8.07. The summed E-state index contributed by atoms with van der Waals surface area (Å²) in [6.45, 7) is 0.608. The predicted molar refractivity (Wildman–Crippen MR) is 96.2 cm³/mol. The van der Waals surface area contributed by atoms with Gasteiger partial charge >= 0.3 is 0 Å². The molecule has 2 N–H and O–H groups in total. The van der Waals surface area contributed by atoms with Crippen LogP contribution in [0.2, 0.25) is 5.02 Å². The number of primary amides is 1. The fraction of sp³-hybridized carbons (Fsp3) is 0.211. The summed E-state index contributed by atoms with van der Waals surface area (Å²) in [6.07, 6.45) is -0.841. The highest BCUT2D eigenvalue weighted by molar-refractivity contribution is 6.30. The van der Waals surface area contributed by atoms with Crippen LogP contribution in [0.15, 0.2) is 48.5 Å². The Kier molecular flexibility index (Phi) is 5.35. The lowest BCUT2D eigenvalue weighted by atomic mass is 9.97. The number of morpholine rings is 1. The molecule has 0 aliphatic carbocycles. The van der Waals surface area contributed by atoms with Gasteiger partial charge < -0.3 is 15.4 Å². The summed E-state index contributed by atoms with van der Waals surface area (Å²) in [5.74, 6) is -1.23. The Morgan fingerprint density at radius 3 is 2.35 bits per heavy atom. The number of hydrogen-bond donors (Lipinski definition) is 1. The van der Waals surface area contributed by atoms with Crippen molar-refractivity contribution in [2.75, 3.05) is 19.7 Å². The molecule has 0 spiro atoms. The maximum absolute atomic E-state index is 12.9. The quantitative estimate of drug-likeness (QED) is 0.830. The summed E-state index contributed by atoms with van der Waals surface area (Å²) >= 11 is 5.86. The topological polar surface area (TPSA) is 89.7 Å². The van der Waals surface area contributed by atoms with Crippen LogP contribution in [0.25, 0.3) is 0 Å². The number of nitrogens with two attached hydrogens (primary N) is 1. The van der Waals surface area contributed by atoms with Gasteiger partial charge in [-0.1, -0.05) is 29.8 Å². The van der Waals surface area contributed by atoms with E-state index in [1.165, 1.54) is 4.90 Å². The number of hydrogen-bond acceptors (Lipinski definition) is 4. The summed E-state index contributed by atoms with van der Waals surface area (Å²) in [6, 6.07) is 13.1. The van der Waals surface area contributed by atoms with Crippen molar-refractivity contribution in [2.24, 2.45) is 5.73 Å². The molecule has 26 heavy (non-hydrogen) atoms. The maximum atomic E-state index is 12.9. The smallest absolute Gasteiger partial charge is 0.254 e. The van der Waals surface area contributed by atoms with E-state index in [9.17, 15) is 14.4 Å². The molecule has 7 heteroatoms. The predicted octanol–water partition coefficient (Wildman–Crippen LogP) is 1.90. The minimum Gasteiger partial charge on any atom is -0.367 e. The Morgan fingerprint density at radius 1 is 1.04 bits per heavy atom. The van der Waals surface area contributed by atoms with Crippen LogP contribution >= 0.6 is 11.6 Å². The fourth-order valence-electron chi connectivity index (χ4n) is 2.80. The second-order valence-corrected chi connectivity index (χ2v) is 6.33. The minimum atomic E-state index is -0.841. The maximum Gasteiger partial charge on any atom is 0.254 e. The Morgan fingerprint density at radius 2 is 1.69 bits per heavy atom. The molecule has 1 aliphatic rings. The Balaban J connectivity index is 1.89. The van der Waals surface area contributed by atoms with E-state index in [-0.39, 0.29) is 30.4 Å². The van der Waals surface area contributed by atoms with Gasteiger partial charge in [0.1, 0.15) is 0 Å². The van der Waals surface area contributed by atoms with E-state index >= 15 is 0 Å². The van der Waals surface area contributed by atoms with Crippen LogP contribution in [-0.4, -0.2) is 48.3 Å². The molecule has 3 rings (SSSR count). The number of carbonyl (C=O) groups is 3. The van der Waals surface area contributed by atoms with E-state index < -0.39 is 12.0 Å². The molecule has 1 atom stereocenters. The molecular formula is C19H17ClN2O4. The van der Waals surface area contributed by atoms with Gasteiger partial charge in [0.25, 0.3) is 5.91 Å². The van der Waals surface area contributed by atoms with Crippen molar-refractivity contribution < 1.29 is 19.1 Å². The zero-order valence-corrected chi connectivity index (χ0v) is 14.6. The summed E-state index contributed by atoms with van der Waals surface area (Å²) in [4.78, 5) is 38.6. The SMILES string of the molecule is NC(=O)C1CN(C(=O)c2ccccc2C(=O)c2ccc(Cl)cc2)CCO1. The molecule has 0 bridgehead atoms. The molecule has 2 aromatic rings. The van der Waals surface area contributed by atoms with Gasteiger partial charge in [-0.15, -0.1) is 0 Å². The number of amides is 2. The van der Waals surface area contributed by atoms with Crippen molar-refractivity contribution in [3.8, 4) is 0 Å². The largest absolute Gasteiger partial charge is 0.367 e. The van der Waals surface area contributed by atoms with Crippen molar-refractivity contribution in [1.29, 1.82) is 0 Å². The molecule has 134 valence electrons. The van der Waals surface area contributed by atoms with Gasteiger partial charge in [-0.3, -0.25) is 14.4 Å². The number of benzene rings is 2. The number of halogens is 1. The van der Waals surface area contributed by atoms with Gasteiger partial charge in [0, 0.05) is 22.7 Å². The number of carbonyl (C=O) groups excluding carboxylic acids is 3. The molecule has 1 saturated heterocycles. The number of ketones is 1. The highest BCUT2D eigenvalue weighted by Gasteiger charge is 2.30. The zero-order valence-electron chi connectivity index (χ0n) is 13.9. The number of rotatable bonds is 4. The lowest BCUT2D eigenvalue weighted by Gasteiger charge is -2.31. The summed E-state index contributed by atoms with van der Waals surface area (Å²) in [5, 5.41) is 0.525. The molecule has 2 aromatic carbocycles. The van der Waals surface area contributed by atoms with E-state index in [1.807, 2.05) is 0 Å². The Bertz CT molecular complexity index is 851. The third-order valence-electron chi connectivity index (χ3n) is 4.18. The Labute approximate surface area is 155 Å². The van der Waals surface area contributed by atoms with E-state index in [4.69, 9.17) is 22.1 Å². The first kappa shape index (κ1) is 18.1. The van der Waals surface area contributed by atoms with E-state index in [2.05, 4.69) is 0 Å². The molecule has 1 aliphatic heterocycles. The van der Waals surface area contributed by atoms with Gasteiger partial charge in [-0.2, -0.15) is 0 Å². The van der Waals surface area contributed by atoms with Crippen molar-refractivity contribution in [3.05, 3.63) is 70.2 Å². The Hall–Kier alpha value is -2.70. The lowest BCUT2D eigenvalue weighted by Crippen LogP contribution is -2.50. The average molecular weight is 373 g/mol. The van der Waals surface area contributed by atoms with Crippen LogP contribution in [-0.2, 0) is 9.53 Å². The van der Waals surface area contributed by atoms with Crippen LogP contribution in [0.1, 0.15) is 26.3 Å². The standard InChI is InChI=1S/C19H17ClN2O4/c20-13-7-5-12(6-8-13)17(23)14-3-1-2-4-15(14)19(25)22-9-10-26-16(11-22)18(21)24/h1-8,16H,9-11H2,(H2,21,24). The van der Waals surface area contributed by atoms with E-state index in [0.29, 0.717) is 22.7 Å². The first-order valence-corrected chi connectivity index (χ1v) is 8.44. The van der Waals surface area contributed by atoms with Crippen LogP contribution in [0.5, 0.6) is 0 Å². The monoisotopic (exact) mass is 372 g/mol. The molecule has 0 aromatic heterocycles. The van der Waals surface area contributed by atoms with E-state index in [1.54, 1.807) is 48.5 Å². The third kappa shape index (κ3) is 3.76. The molecule has 2 amide bonds. The molecule has 1 heterocycles. The van der Waals surface area contributed by atoms with Crippen LogP contribution in [0, 0.1) is 0 Å². The van der Waals surface area contributed by atoms with E-state index in [0.717, 1.165) is 0 Å². The molecule has 1 fully saturated rings. The second kappa shape index (κ2) is 7.68. The van der Waals surface area contributed by atoms with Crippen LogP contribution in [0.3, 0.4) is 0 Å². The molecular weight excluding hydrogens is 356 g/mol. The zero-order chi connectivity index (χ0) is 18.7. The molecule has 1 unspecified atom stereocenters. The third-order valence-corrected chi connectivity index (χ3v) is 4.43. The highest BCUT2D eigenvalue weighted by atomic mass is 35.5. The fourth-order valence-corrected chi connectivity index (χ4v) is 2.93. The van der Waals surface area contributed by atoms with Crippen LogP contribution < -0.4 is 5.73 Å². The molecule has 0 saturated carbocycles. The minimum absolute atomic E-state index is 0.0671. The van der Waals surface area contributed by atoms with Crippen molar-refractivity contribution in [2.45, 2.75) is 6.10 Å². The van der Waals surface area contributed by atoms with Crippen molar-refractivity contribution >= 4 is 29.2 Å². The van der Waals surface area contributed by atoms with Gasteiger partial charge in [0.15, 0.2) is 11.9 Å². The summed E-state index contributed by atoms with van der Waals surface area (Å²) in [5.41, 5.74) is 6.27. The van der Waals surface area contributed by atoms with Crippen molar-refractivity contribution in [3.63, 3.8) is 0 Å². The molecule has 0 radical (unpaired) electrons. The molecule has 6 nitrogen and oxygen atoms in total. The highest BCUT2D eigenvalue weighted by Crippen LogP contribution is 2.19. The number of ether oxygens (including phenoxy) is 1. The number of nitrogens with zero attached hydrogens (tertiary/aromatic N) is 1. The normalized spacial score (nSPS) is 17.0. The van der Waals surface area contributed by atoms with Gasteiger partial charge in [-0.05, 0) is 30.3 Å². The summed E-state index contributed by atoms with van der Waals surface area (Å²) < 4.78 is 5.27. The summed E-state index contributed by atoms with van der Waals surface area (Å²) in [7, 11) is 0. The average Bonchev–Trinajstić information content (AvgIpc) is 2.67.